The molecule has 0 aliphatic heterocycles. The fourth-order valence-electron chi connectivity index (χ4n) is 13.4. The Morgan fingerprint density at radius 3 is 1.19 bits per heavy atom. The number of rotatable bonds is 8. The Hall–Kier alpha value is -8.15. The molecule has 5 nitrogen and oxygen atoms in total. The van der Waals surface area contributed by atoms with E-state index in [4.69, 9.17) is 12.3 Å². The molecule has 0 N–H and O–H groups in total. The second kappa shape index (κ2) is 30.9. The lowest BCUT2D eigenvalue weighted by atomic mass is 9.92. The Balaban J connectivity index is 0.000000144. The first-order valence-corrected chi connectivity index (χ1v) is 32.4. The normalized spacial score (nSPS) is 15.9. The van der Waals surface area contributed by atoms with Crippen molar-refractivity contribution in [3.63, 3.8) is 0 Å². The topological polar surface area (TPSA) is 28.4 Å². The van der Waals surface area contributed by atoms with Crippen LogP contribution in [0.2, 0.25) is 0 Å². The first kappa shape index (κ1) is 53.8. The van der Waals surface area contributed by atoms with Crippen LogP contribution in [-0.2, 0) is 28.2 Å². The summed E-state index contributed by atoms with van der Waals surface area (Å²) in [5, 5.41) is 0. The van der Waals surface area contributed by atoms with Crippen LogP contribution in [0, 0.1) is 69.0 Å². The van der Waals surface area contributed by atoms with E-state index >= 15 is 0 Å². The maximum atomic E-state index is 7.65. The van der Waals surface area contributed by atoms with Crippen LogP contribution in [-0.4, -0.2) is 4.98 Å². The molecule has 0 spiro atoms. The molecule has 0 radical (unpaired) electrons. The molecule has 0 bridgehead atoms. The van der Waals surface area contributed by atoms with Crippen molar-refractivity contribution in [2.45, 2.75) is 164 Å². The quantitative estimate of drug-likeness (QED) is 0.139. The van der Waals surface area contributed by atoms with Gasteiger partial charge in [0.2, 0.25) is 22.8 Å². The van der Waals surface area contributed by atoms with Gasteiger partial charge in [0.15, 0.2) is 24.8 Å². The molecule has 0 unspecified atom stereocenters. The summed E-state index contributed by atoms with van der Waals surface area (Å²) in [6, 6.07) is 56.6. The van der Waals surface area contributed by atoms with Crippen LogP contribution in [0.4, 0.5) is 0 Å². The van der Waals surface area contributed by atoms with Gasteiger partial charge in [0.1, 0.15) is 28.2 Å². The average molecular weight is 1190 g/mol. The van der Waals surface area contributed by atoms with Crippen molar-refractivity contribution in [1.29, 1.82) is 0 Å². The Kier molecular flexibility index (Phi) is 18.7. The van der Waals surface area contributed by atoms with E-state index < -0.39 is 20.6 Å². The van der Waals surface area contributed by atoms with Crippen molar-refractivity contribution in [2.24, 2.45) is 28.2 Å². The smallest absolute Gasteiger partial charge is 0.212 e. The van der Waals surface area contributed by atoms with Crippen LogP contribution in [0.5, 0.6) is 0 Å². The van der Waals surface area contributed by atoms with Crippen molar-refractivity contribution < 1.29 is 30.6 Å². The number of hydrogen-bond acceptors (Lipinski definition) is 1. The van der Waals surface area contributed by atoms with E-state index in [0.29, 0.717) is 11.3 Å². The van der Waals surface area contributed by atoms with Gasteiger partial charge in [-0.3, -0.25) is 4.98 Å². The molecule has 10 aromatic rings. The largest absolute Gasteiger partial charge is 0.256 e. The monoisotopic (exact) mass is 1190 g/mol. The van der Waals surface area contributed by atoms with Gasteiger partial charge < -0.3 is 0 Å². The van der Waals surface area contributed by atoms with E-state index in [9.17, 15) is 0 Å². The number of nitrogens with zero attached hydrogens (tertiary/aromatic N) is 5. The summed E-state index contributed by atoms with van der Waals surface area (Å²) in [7, 11) is 8.19. The summed E-state index contributed by atoms with van der Waals surface area (Å²) in [6.45, 7) is 7.55. The van der Waals surface area contributed by atoms with Crippen LogP contribution < -0.4 is 18.3 Å². The number of pyridine rings is 5. The second-order valence-electron chi connectivity index (χ2n) is 25.3. The van der Waals surface area contributed by atoms with Gasteiger partial charge in [-0.05, 0) is 217 Å². The van der Waals surface area contributed by atoms with Crippen molar-refractivity contribution in [1.82, 2.24) is 4.98 Å². The zero-order valence-corrected chi connectivity index (χ0v) is 54.9. The summed E-state index contributed by atoms with van der Waals surface area (Å²) < 4.78 is 76.4. The highest BCUT2D eigenvalue weighted by Crippen LogP contribution is 2.38. The molecule has 13 rings (SSSR count). The average Bonchev–Trinajstić information content (AvgIpc) is 0.808. The summed E-state index contributed by atoms with van der Waals surface area (Å²) in [6.07, 6.45) is 26.3. The lowest BCUT2D eigenvalue weighted by molar-refractivity contribution is -0.661. The van der Waals surface area contributed by atoms with Crippen molar-refractivity contribution in [3.05, 3.63) is 267 Å². The highest BCUT2D eigenvalue weighted by Gasteiger charge is 2.25. The Morgan fingerprint density at radius 1 is 0.326 bits per heavy atom. The molecule has 89 heavy (non-hydrogen) atoms. The summed E-state index contributed by atoms with van der Waals surface area (Å²) in [5.74, 6) is 2.35. The third kappa shape index (κ3) is 16.6. The molecule has 3 aliphatic carbocycles. The SMILES string of the molecule is Cc1ccccc1-c1cc(C2CCCC2)c(C)c[n+]1C.Cc1ccccc1-c1cc(C2CCCC2)cc[n+]1C.Cc1ccccc1-c1ccc(C2CCCC2)c[n+]1C.[2H]C([2H])([2H])c1cc(-c2ccccc2C)[n+](C)cc1C([2H])([2H])[2H].[2H]C([2H])([2H])c1cnc(-c2ccccc2C)cc1C. The summed E-state index contributed by atoms with van der Waals surface area (Å²) in [5.41, 5.74) is 24.5. The number of benzene rings is 5. The molecule has 3 aliphatic rings. The highest BCUT2D eigenvalue weighted by atomic mass is 14.9. The van der Waals surface area contributed by atoms with Gasteiger partial charge in [0.05, 0.1) is 5.69 Å². The lowest BCUT2D eigenvalue weighted by Gasteiger charge is -2.14. The minimum Gasteiger partial charge on any atom is -0.256 e. The zero-order chi connectivity index (χ0) is 70.6. The first-order valence-electron chi connectivity index (χ1n) is 36.9. The summed E-state index contributed by atoms with van der Waals surface area (Å²) >= 11 is 0. The minimum atomic E-state index is -2.48. The Labute approximate surface area is 548 Å². The second-order valence-corrected chi connectivity index (χ2v) is 25.3. The molecule has 458 valence electrons. The Bertz CT molecular complexity index is 4360. The van der Waals surface area contributed by atoms with Gasteiger partial charge >= 0.3 is 0 Å². The standard InChI is InChI=1S/C19H24N.2C18H22N.C15H18N.C14H15N/c1-14-8-4-7-11-17(14)19-12-18(15(2)13-20(19)3)16-9-5-6-10-16;1-14-7-3-6-10-17(14)18-13-16(11-12-19(18)2)15-8-4-5-9-15;1-14-7-3-6-10-17(14)18-12-11-16(13-19(18)2)15-8-4-5-9-15;1-11-7-5-6-8-14(11)15-9-12(2)13(3)10-16(15)4;1-10-6-4-5-7-13(10)14-8-11(2)12(3)9-15-14/h4,7-8,11-13,16H,5-6,9-10H2,1-3H3;2*3,6-7,10-13,15H,4-5,8-9H2,1-2H3;5-10H,1-4H3;4-9H,1-3H3/q4*+1;/i;;;2D3,3D3;3D3. The minimum absolute atomic E-state index is 0.121. The van der Waals surface area contributed by atoms with E-state index in [-0.39, 0.29) is 11.1 Å². The first-order chi connectivity index (χ1) is 46.6. The molecule has 3 fully saturated rings. The molecule has 0 amide bonds. The van der Waals surface area contributed by atoms with Gasteiger partial charge in [-0.1, -0.05) is 136 Å². The van der Waals surface area contributed by atoms with Gasteiger partial charge in [0.25, 0.3) is 0 Å². The van der Waals surface area contributed by atoms with Crippen molar-refractivity contribution in [2.75, 3.05) is 0 Å². The molecule has 0 atom stereocenters. The lowest BCUT2D eigenvalue weighted by Crippen LogP contribution is -2.32. The fourth-order valence-corrected chi connectivity index (χ4v) is 13.4. The van der Waals surface area contributed by atoms with Gasteiger partial charge in [-0.2, -0.15) is 0 Å². The molecule has 5 heteroatoms. The predicted octanol–water partition coefficient (Wildman–Crippen LogP) is 19.5. The third-order valence-corrected chi connectivity index (χ3v) is 18.8. The molecular formula is C84H101N5+4. The van der Waals surface area contributed by atoms with E-state index in [0.717, 1.165) is 51.3 Å². The summed E-state index contributed by atoms with van der Waals surface area (Å²) in [4.78, 5) is 4.28. The molecule has 5 heterocycles. The number of hydrogen-bond donors (Lipinski definition) is 0. The zero-order valence-electron chi connectivity index (χ0n) is 63.9. The molecule has 5 aromatic heterocycles. The highest BCUT2D eigenvalue weighted by molar-refractivity contribution is 5.66. The number of aryl methyl sites for hydroxylation is 14. The van der Waals surface area contributed by atoms with Crippen molar-refractivity contribution in [3.8, 4) is 56.3 Å². The maximum Gasteiger partial charge on any atom is 0.212 e. The third-order valence-electron chi connectivity index (χ3n) is 18.8. The van der Waals surface area contributed by atoms with Crippen LogP contribution in [0.3, 0.4) is 0 Å². The van der Waals surface area contributed by atoms with Crippen LogP contribution in [0.1, 0.15) is 179 Å². The van der Waals surface area contributed by atoms with E-state index in [1.54, 1.807) is 17.2 Å². The predicted molar refractivity (Wildman–Crippen MR) is 373 cm³/mol. The van der Waals surface area contributed by atoms with E-state index in [1.165, 1.54) is 163 Å². The van der Waals surface area contributed by atoms with Gasteiger partial charge in [0, 0.05) is 93.4 Å². The van der Waals surface area contributed by atoms with Crippen molar-refractivity contribution >= 4 is 0 Å². The molecule has 0 saturated heterocycles. The van der Waals surface area contributed by atoms with E-state index in [2.05, 4.69) is 189 Å². The van der Waals surface area contributed by atoms with Gasteiger partial charge in [-0.15, -0.1) is 0 Å². The van der Waals surface area contributed by atoms with Crippen LogP contribution in [0.15, 0.2) is 195 Å². The van der Waals surface area contributed by atoms with Crippen LogP contribution in [0.25, 0.3) is 56.3 Å². The molecule has 3 saturated carbocycles. The van der Waals surface area contributed by atoms with Crippen LogP contribution >= 0.6 is 0 Å². The molecular weight excluding hydrogens is 1080 g/mol. The Morgan fingerprint density at radius 2 is 0.730 bits per heavy atom. The van der Waals surface area contributed by atoms with E-state index in [1.807, 2.05) is 75.4 Å². The maximum absolute atomic E-state index is 7.65. The number of aromatic nitrogens is 5. The molecule has 5 aromatic carbocycles. The van der Waals surface area contributed by atoms with Gasteiger partial charge in [-0.25, -0.2) is 18.3 Å². The fraction of sp³-hybridized carbons (Fsp3) is 0.345.